The minimum absolute atomic E-state index is 0.0252. The Kier molecular flexibility index (Phi) is 19.4. The molecular weight excluding hydrogens is 685 g/mol. The number of ether oxygens (including phenoxy) is 9. The smallest absolute Gasteiger partial charge is 0.184 e. The predicted molar refractivity (Wildman–Crippen MR) is 203 cm³/mol. The van der Waals surface area contributed by atoms with Gasteiger partial charge in [0.15, 0.2) is 8.32 Å². The summed E-state index contributed by atoms with van der Waals surface area (Å²) in [5, 5.41) is 11.5. The summed E-state index contributed by atoms with van der Waals surface area (Å²) in [4.78, 5) is 0. The zero-order valence-electron chi connectivity index (χ0n) is 33.7. The molecule has 0 saturated carbocycles. The maximum atomic E-state index is 11.5. The average molecular weight is 755 g/mol. The van der Waals surface area contributed by atoms with Crippen LogP contribution in [0.3, 0.4) is 0 Å². The zero-order valence-corrected chi connectivity index (χ0v) is 34.7. The number of benzene rings is 1. The highest BCUT2D eigenvalue weighted by atomic mass is 28.4. The molecule has 0 spiro atoms. The Morgan fingerprint density at radius 2 is 1.65 bits per heavy atom. The molecule has 2 heterocycles. The maximum Gasteiger partial charge on any atom is 0.184 e. The van der Waals surface area contributed by atoms with E-state index in [2.05, 4.69) is 58.6 Å². The minimum atomic E-state index is -2.00. The average Bonchev–Trinajstić information content (AvgIpc) is 3.20. The van der Waals surface area contributed by atoms with Gasteiger partial charge in [0.1, 0.15) is 26.0 Å². The van der Waals surface area contributed by atoms with Crippen LogP contribution in [0, 0.1) is 11.8 Å². The molecule has 3 rings (SSSR count). The minimum Gasteiger partial charge on any atom is -0.410 e. The van der Waals surface area contributed by atoms with Crippen molar-refractivity contribution >= 4 is 8.32 Å². The topological polar surface area (TPSA) is 113 Å². The van der Waals surface area contributed by atoms with Crippen LogP contribution in [0.5, 0.6) is 0 Å². The van der Waals surface area contributed by atoms with Crippen LogP contribution in [0.2, 0.25) is 19.6 Å². The van der Waals surface area contributed by atoms with Crippen molar-refractivity contribution in [2.45, 2.75) is 140 Å². The van der Waals surface area contributed by atoms with E-state index in [1.54, 1.807) is 21.3 Å². The summed E-state index contributed by atoms with van der Waals surface area (Å²) in [7, 11) is 2.85. The summed E-state index contributed by atoms with van der Waals surface area (Å²) in [5.41, 5.74) is -0.149. The highest BCUT2D eigenvalue weighted by Crippen LogP contribution is 2.43. The van der Waals surface area contributed by atoms with E-state index < -0.39 is 25.6 Å². The van der Waals surface area contributed by atoms with Crippen molar-refractivity contribution < 1.29 is 52.2 Å². The van der Waals surface area contributed by atoms with Gasteiger partial charge in [0.25, 0.3) is 0 Å². The fourth-order valence-corrected chi connectivity index (χ4v) is 9.16. The third-order valence-corrected chi connectivity index (χ3v) is 11.2. The van der Waals surface area contributed by atoms with Crippen molar-refractivity contribution in [2.75, 3.05) is 54.9 Å². The SMILES string of the molecule is COCOC[C@@]1(C)O[C@H]2CC[C@@](C)(O[Si](C)(C)C)[C@H](C[C@@H](O)/C=C\C[C@H](C)[C@@H](OCOC)[C@H](C)CCOCc3ccccc3)O[C@@H]2C[C@@H]1OCOC. The van der Waals surface area contributed by atoms with Crippen LogP contribution < -0.4 is 0 Å². The molecular formula is C40H70O11Si. The second-order valence-corrected chi connectivity index (χ2v) is 20.5. The molecule has 0 amide bonds. The first kappa shape index (κ1) is 45.1. The molecule has 52 heavy (non-hydrogen) atoms. The number of fused-ring (bicyclic) bond motifs is 1. The van der Waals surface area contributed by atoms with Crippen molar-refractivity contribution in [3.05, 3.63) is 48.0 Å². The van der Waals surface area contributed by atoms with Crippen molar-refractivity contribution in [3.63, 3.8) is 0 Å². The molecule has 1 aromatic rings. The third-order valence-electron chi connectivity index (χ3n) is 10.1. The van der Waals surface area contributed by atoms with Crippen molar-refractivity contribution in [2.24, 2.45) is 11.8 Å². The summed E-state index contributed by atoms with van der Waals surface area (Å²) >= 11 is 0. The summed E-state index contributed by atoms with van der Waals surface area (Å²) in [6.07, 6.45) is 6.19. The Bertz CT molecular complexity index is 1140. The Hall–Kier alpha value is -1.26. The largest absolute Gasteiger partial charge is 0.410 e. The number of methoxy groups -OCH3 is 3. The number of rotatable bonds is 24. The van der Waals surface area contributed by atoms with Gasteiger partial charge in [-0.15, -0.1) is 0 Å². The molecule has 300 valence electrons. The van der Waals surface area contributed by atoms with Crippen molar-refractivity contribution in [3.8, 4) is 0 Å². The van der Waals surface area contributed by atoms with E-state index in [0.29, 0.717) is 32.7 Å². The summed E-state index contributed by atoms with van der Waals surface area (Å²) < 4.78 is 60.3. The molecule has 2 fully saturated rings. The molecule has 0 radical (unpaired) electrons. The lowest BCUT2D eigenvalue weighted by molar-refractivity contribution is -0.276. The molecule has 10 atom stereocenters. The molecule has 1 aromatic carbocycles. The van der Waals surface area contributed by atoms with Gasteiger partial charge in [-0.05, 0) is 76.6 Å². The van der Waals surface area contributed by atoms with E-state index >= 15 is 0 Å². The van der Waals surface area contributed by atoms with Crippen LogP contribution in [-0.2, 0) is 53.7 Å². The molecule has 2 aliphatic heterocycles. The van der Waals surface area contributed by atoms with Gasteiger partial charge >= 0.3 is 0 Å². The van der Waals surface area contributed by atoms with Gasteiger partial charge in [-0.3, -0.25) is 0 Å². The number of hydrogen-bond acceptors (Lipinski definition) is 11. The lowest BCUT2D eigenvalue weighted by Crippen LogP contribution is -2.59. The normalized spacial score (nSPS) is 29.4. The highest BCUT2D eigenvalue weighted by molar-refractivity contribution is 6.69. The van der Waals surface area contributed by atoms with Gasteiger partial charge in [-0.1, -0.05) is 56.3 Å². The first-order valence-corrected chi connectivity index (χ1v) is 22.4. The van der Waals surface area contributed by atoms with Gasteiger partial charge in [0.05, 0.1) is 55.4 Å². The fourth-order valence-electron chi connectivity index (χ4n) is 7.53. The maximum absolute atomic E-state index is 11.5. The predicted octanol–water partition coefficient (Wildman–Crippen LogP) is 6.87. The number of aliphatic hydroxyl groups is 1. The van der Waals surface area contributed by atoms with Crippen LogP contribution in [0.25, 0.3) is 0 Å². The van der Waals surface area contributed by atoms with Gasteiger partial charge < -0.3 is 52.2 Å². The van der Waals surface area contributed by atoms with Crippen LogP contribution >= 0.6 is 0 Å². The molecule has 0 unspecified atom stereocenters. The van der Waals surface area contributed by atoms with E-state index in [1.165, 1.54) is 5.56 Å². The lowest BCUT2D eigenvalue weighted by Gasteiger charge is -2.47. The Labute approximate surface area is 315 Å². The Morgan fingerprint density at radius 3 is 2.33 bits per heavy atom. The molecule has 0 aliphatic carbocycles. The lowest BCUT2D eigenvalue weighted by atomic mass is 9.86. The van der Waals surface area contributed by atoms with Crippen molar-refractivity contribution in [1.82, 2.24) is 0 Å². The second kappa shape index (κ2) is 22.3. The molecule has 11 nitrogen and oxygen atoms in total. The van der Waals surface area contributed by atoms with Gasteiger partial charge in [-0.2, -0.15) is 0 Å². The molecule has 12 heteroatoms. The van der Waals surface area contributed by atoms with Crippen LogP contribution in [0.15, 0.2) is 42.5 Å². The summed E-state index contributed by atoms with van der Waals surface area (Å²) in [5.74, 6) is 0.456. The monoisotopic (exact) mass is 754 g/mol. The van der Waals surface area contributed by atoms with E-state index in [9.17, 15) is 5.11 Å². The van der Waals surface area contributed by atoms with Crippen LogP contribution in [0.1, 0.15) is 71.8 Å². The molecule has 2 aliphatic rings. The third kappa shape index (κ3) is 14.8. The first-order chi connectivity index (χ1) is 24.7. The zero-order chi connectivity index (χ0) is 38.2. The van der Waals surface area contributed by atoms with E-state index in [1.807, 2.05) is 31.2 Å². The molecule has 1 N–H and O–H groups in total. The molecule has 2 saturated heterocycles. The Balaban J connectivity index is 1.67. The van der Waals surface area contributed by atoms with Crippen molar-refractivity contribution in [1.29, 1.82) is 0 Å². The van der Waals surface area contributed by atoms with Crippen LogP contribution in [0.4, 0.5) is 0 Å². The quantitative estimate of drug-likeness (QED) is 0.0517. The van der Waals surface area contributed by atoms with E-state index in [4.69, 9.17) is 47.1 Å². The highest BCUT2D eigenvalue weighted by Gasteiger charge is 2.52. The number of aliphatic hydroxyl groups excluding tert-OH is 1. The van der Waals surface area contributed by atoms with Crippen LogP contribution in [-0.4, -0.2) is 116 Å². The van der Waals surface area contributed by atoms with Gasteiger partial charge in [0, 0.05) is 40.8 Å². The number of hydrogen-bond donors (Lipinski definition) is 1. The molecule has 0 bridgehead atoms. The Morgan fingerprint density at radius 1 is 0.942 bits per heavy atom. The summed E-state index contributed by atoms with van der Waals surface area (Å²) in [6.45, 7) is 17.2. The molecule has 0 aromatic heterocycles. The fraction of sp³-hybridized carbons (Fsp3) is 0.800. The second-order valence-electron chi connectivity index (χ2n) is 16.0. The van der Waals surface area contributed by atoms with Gasteiger partial charge in [-0.25, -0.2) is 0 Å². The first-order valence-electron chi connectivity index (χ1n) is 19.0. The summed E-state index contributed by atoms with van der Waals surface area (Å²) in [6, 6.07) is 10.2. The number of allylic oxidation sites excluding steroid dienone is 1. The standard InChI is InChI=1S/C40H70O11Si/c1-30(38(48-29-44-7)31(2)20-22-45-25-32-16-12-11-13-17-32)15-14-18-33(41)23-37-39(3,51-52(8,9)10)21-19-34-35(49-37)24-36(47-28-43-6)40(4,50-34)26-46-27-42-5/h11-14,16-18,30-31,33-38,41H,15,19-29H2,1-10H3/b18-14-/t30-,31+,33-,34-,35+,36-,37-,38+,39+,40+/m0/s1. The van der Waals surface area contributed by atoms with E-state index in [-0.39, 0.29) is 62.7 Å². The van der Waals surface area contributed by atoms with E-state index in [0.717, 1.165) is 25.7 Å². The van der Waals surface area contributed by atoms with Gasteiger partial charge in [0.2, 0.25) is 0 Å².